The lowest BCUT2D eigenvalue weighted by Crippen LogP contribution is -2.39. The van der Waals surface area contributed by atoms with E-state index < -0.39 is 18.4 Å². The van der Waals surface area contributed by atoms with Gasteiger partial charge in [0.1, 0.15) is 0 Å². The van der Waals surface area contributed by atoms with Gasteiger partial charge < -0.3 is 14.8 Å². The van der Waals surface area contributed by atoms with Crippen molar-refractivity contribution in [3.8, 4) is 0 Å². The molecule has 1 aromatic heterocycles. The summed E-state index contributed by atoms with van der Waals surface area (Å²) in [5.74, 6) is -5.86. The van der Waals surface area contributed by atoms with Gasteiger partial charge in [-0.3, -0.25) is 0 Å². The second-order valence-electron chi connectivity index (χ2n) is 2.74. The topological polar surface area (TPSA) is 62.5 Å². The lowest BCUT2D eigenvalue weighted by Gasteiger charge is -2.11. The number of aliphatic carboxylic acids is 1. The lowest BCUT2D eigenvalue weighted by molar-refractivity contribution is -0.164. The second-order valence-corrected chi connectivity index (χ2v) is 2.74. The summed E-state index contributed by atoms with van der Waals surface area (Å²) in [6.45, 7) is -0.743. The molecule has 1 heterocycles. The highest BCUT2D eigenvalue weighted by Crippen LogP contribution is 2.11. The Bertz CT molecular complexity index is 298. The van der Waals surface area contributed by atoms with Crippen LogP contribution < -0.4 is 5.32 Å². The van der Waals surface area contributed by atoms with Gasteiger partial charge in [0, 0.05) is 12.1 Å². The summed E-state index contributed by atoms with van der Waals surface area (Å²) in [4.78, 5) is 10.0. The Balaban J connectivity index is 2.31. The van der Waals surface area contributed by atoms with Crippen molar-refractivity contribution in [2.24, 2.45) is 0 Å². The summed E-state index contributed by atoms with van der Waals surface area (Å²) in [5.41, 5.74) is 0.686. The predicted molar refractivity (Wildman–Crippen MR) is 43.0 cm³/mol. The second kappa shape index (κ2) is 4.19. The van der Waals surface area contributed by atoms with E-state index in [9.17, 15) is 13.6 Å². The minimum atomic E-state index is -3.73. The van der Waals surface area contributed by atoms with Gasteiger partial charge in [0.05, 0.1) is 19.1 Å². The zero-order valence-electron chi connectivity index (χ0n) is 7.17. The van der Waals surface area contributed by atoms with E-state index in [-0.39, 0.29) is 6.54 Å². The first-order valence-corrected chi connectivity index (χ1v) is 3.85. The van der Waals surface area contributed by atoms with Gasteiger partial charge in [-0.1, -0.05) is 0 Å². The van der Waals surface area contributed by atoms with Gasteiger partial charge in [0.25, 0.3) is 0 Å². The molecule has 0 aliphatic carbocycles. The molecule has 0 spiro atoms. The van der Waals surface area contributed by atoms with Gasteiger partial charge in [-0.15, -0.1) is 0 Å². The number of alkyl halides is 2. The van der Waals surface area contributed by atoms with Crippen molar-refractivity contribution in [3.63, 3.8) is 0 Å². The minimum Gasteiger partial charge on any atom is -0.477 e. The molecular weight excluding hydrogens is 196 g/mol. The van der Waals surface area contributed by atoms with E-state index in [0.717, 1.165) is 0 Å². The van der Waals surface area contributed by atoms with Crippen molar-refractivity contribution in [2.45, 2.75) is 12.5 Å². The molecule has 0 atom stereocenters. The molecule has 0 aromatic carbocycles. The highest BCUT2D eigenvalue weighted by molar-refractivity contribution is 5.75. The van der Waals surface area contributed by atoms with Crippen LogP contribution in [-0.4, -0.2) is 23.5 Å². The molecule has 0 fully saturated rings. The SMILES string of the molecule is O=C(O)C(F)(F)CNCc1ccoc1. The fraction of sp³-hybridized carbons (Fsp3) is 0.375. The van der Waals surface area contributed by atoms with E-state index in [2.05, 4.69) is 5.32 Å². The number of carboxylic acid groups (broad SMARTS) is 1. The maximum absolute atomic E-state index is 12.5. The van der Waals surface area contributed by atoms with Crippen LogP contribution in [-0.2, 0) is 11.3 Å². The molecule has 6 heteroatoms. The summed E-state index contributed by atoms with van der Waals surface area (Å²) >= 11 is 0. The Morgan fingerprint density at radius 1 is 1.64 bits per heavy atom. The molecule has 4 nitrogen and oxygen atoms in total. The molecule has 0 saturated heterocycles. The third kappa shape index (κ3) is 2.81. The highest BCUT2D eigenvalue weighted by atomic mass is 19.3. The van der Waals surface area contributed by atoms with Gasteiger partial charge in [-0.2, -0.15) is 8.78 Å². The van der Waals surface area contributed by atoms with Crippen LogP contribution in [0.15, 0.2) is 23.0 Å². The molecule has 2 N–H and O–H groups in total. The first-order chi connectivity index (χ1) is 6.52. The summed E-state index contributed by atoms with van der Waals surface area (Å²) < 4.78 is 29.7. The summed E-state index contributed by atoms with van der Waals surface area (Å²) in [6.07, 6.45) is 2.80. The van der Waals surface area contributed by atoms with Crippen molar-refractivity contribution in [1.29, 1.82) is 0 Å². The average Bonchev–Trinajstić information content (AvgIpc) is 2.56. The highest BCUT2D eigenvalue weighted by Gasteiger charge is 2.37. The van der Waals surface area contributed by atoms with Crippen molar-refractivity contribution < 1.29 is 23.1 Å². The number of hydrogen-bond donors (Lipinski definition) is 2. The Kier molecular flexibility index (Phi) is 3.19. The summed E-state index contributed by atoms with van der Waals surface area (Å²) in [7, 11) is 0. The molecule has 1 rings (SSSR count). The minimum absolute atomic E-state index is 0.152. The number of rotatable bonds is 5. The van der Waals surface area contributed by atoms with Crippen molar-refractivity contribution in [3.05, 3.63) is 24.2 Å². The molecule has 0 amide bonds. The molecule has 0 aliphatic heterocycles. The molecule has 0 unspecified atom stereocenters. The molecule has 1 aromatic rings. The van der Waals surface area contributed by atoms with Crippen LogP contribution in [0.5, 0.6) is 0 Å². The van der Waals surface area contributed by atoms with Crippen LogP contribution in [0.1, 0.15) is 5.56 Å². The van der Waals surface area contributed by atoms with E-state index >= 15 is 0 Å². The average molecular weight is 205 g/mol. The Hall–Kier alpha value is -1.43. The number of nitrogens with one attached hydrogen (secondary N) is 1. The van der Waals surface area contributed by atoms with Crippen LogP contribution in [0.3, 0.4) is 0 Å². The number of halogens is 2. The van der Waals surface area contributed by atoms with E-state index in [1.807, 2.05) is 0 Å². The van der Waals surface area contributed by atoms with E-state index in [4.69, 9.17) is 9.52 Å². The Labute approximate surface area is 78.5 Å². The molecule has 0 radical (unpaired) electrons. The zero-order valence-corrected chi connectivity index (χ0v) is 7.17. The van der Waals surface area contributed by atoms with Gasteiger partial charge >= 0.3 is 11.9 Å². The maximum atomic E-state index is 12.5. The normalized spacial score (nSPS) is 11.6. The fourth-order valence-corrected chi connectivity index (χ4v) is 0.833. The Morgan fingerprint density at radius 3 is 2.86 bits per heavy atom. The Morgan fingerprint density at radius 2 is 2.36 bits per heavy atom. The molecule has 78 valence electrons. The third-order valence-corrected chi connectivity index (χ3v) is 1.57. The first-order valence-electron chi connectivity index (χ1n) is 3.85. The largest absolute Gasteiger partial charge is 0.477 e. The smallest absolute Gasteiger partial charge is 0.375 e. The number of carboxylic acids is 1. The van der Waals surface area contributed by atoms with Crippen LogP contribution in [0.4, 0.5) is 8.78 Å². The molecular formula is C8H9F2NO3. The number of hydrogen-bond acceptors (Lipinski definition) is 3. The van der Waals surface area contributed by atoms with Gasteiger partial charge in [-0.05, 0) is 6.07 Å². The van der Waals surface area contributed by atoms with E-state index in [1.54, 1.807) is 6.07 Å². The van der Waals surface area contributed by atoms with Crippen molar-refractivity contribution in [1.82, 2.24) is 5.32 Å². The van der Waals surface area contributed by atoms with Crippen LogP contribution in [0, 0.1) is 0 Å². The van der Waals surface area contributed by atoms with Gasteiger partial charge in [-0.25, -0.2) is 4.79 Å². The maximum Gasteiger partial charge on any atom is 0.375 e. The van der Waals surface area contributed by atoms with E-state index in [0.29, 0.717) is 5.56 Å². The van der Waals surface area contributed by atoms with E-state index in [1.165, 1.54) is 12.5 Å². The van der Waals surface area contributed by atoms with Crippen molar-refractivity contribution in [2.75, 3.05) is 6.54 Å². The first kappa shape index (κ1) is 10.6. The van der Waals surface area contributed by atoms with Gasteiger partial charge in [0.15, 0.2) is 0 Å². The molecule has 0 saturated carbocycles. The van der Waals surface area contributed by atoms with Gasteiger partial charge in [0.2, 0.25) is 0 Å². The van der Waals surface area contributed by atoms with Crippen LogP contribution in [0.25, 0.3) is 0 Å². The monoisotopic (exact) mass is 205 g/mol. The zero-order chi connectivity index (χ0) is 10.6. The van der Waals surface area contributed by atoms with Crippen LogP contribution >= 0.6 is 0 Å². The quantitative estimate of drug-likeness (QED) is 0.755. The summed E-state index contributed by atoms with van der Waals surface area (Å²) in [6, 6.07) is 1.60. The van der Waals surface area contributed by atoms with Crippen LogP contribution in [0.2, 0.25) is 0 Å². The van der Waals surface area contributed by atoms with Crippen molar-refractivity contribution >= 4 is 5.97 Å². The molecule has 0 bridgehead atoms. The fourth-order valence-electron chi connectivity index (χ4n) is 0.833. The standard InChI is InChI=1S/C8H9F2NO3/c9-8(10,7(12)13)5-11-3-6-1-2-14-4-6/h1-2,4,11H,3,5H2,(H,12,13). The lowest BCUT2D eigenvalue weighted by atomic mass is 10.3. The third-order valence-electron chi connectivity index (χ3n) is 1.57. The number of furan rings is 1. The summed E-state index contributed by atoms with van der Waals surface area (Å²) in [5, 5.41) is 10.4. The molecule has 14 heavy (non-hydrogen) atoms. The number of carbonyl (C=O) groups is 1. The predicted octanol–water partition coefficient (Wildman–Crippen LogP) is 1.09. The molecule has 0 aliphatic rings.